The lowest BCUT2D eigenvalue weighted by atomic mass is 10.2. The SMILES string of the molecule is COCCCN(C)C(=S)NCc1ccccc1. The number of hydrogen-bond acceptors (Lipinski definition) is 2. The maximum atomic E-state index is 5.30. The fourth-order valence-corrected chi connectivity index (χ4v) is 1.62. The minimum absolute atomic E-state index is 0.769. The molecule has 0 unspecified atom stereocenters. The Hall–Kier alpha value is -1.13. The molecule has 0 saturated carbocycles. The predicted octanol–water partition coefficient (Wildman–Crippen LogP) is 2.03. The summed E-state index contributed by atoms with van der Waals surface area (Å²) in [5.74, 6) is 0. The van der Waals surface area contributed by atoms with Gasteiger partial charge in [-0.25, -0.2) is 0 Å². The van der Waals surface area contributed by atoms with Gasteiger partial charge in [-0.2, -0.15) is 0 Å². The van der Waals surface area contributed by atoms with Gasteiger partial charge < -0.3 is 15.0 Å². The number of ether oxygens (including phenoxy) is 1. The van der Waals surface area contributed by atoms with Gasteiger partial charge >= 0.3 is 0 Å². The summed E-state index contributed by atoms with van der Waals surface area (Å²) < 4.78 is 5.01. The molecular formula is C13H20N2OS. The third-order valence-electron chi connectivity index (χ3n) is 2.48. The molecule has 0 aliphatic carbocycles. The Morgan fingerprint density at radius 3 is 2.71 bits per heavy atom. The molecule has 1 aromatic carbocycles. The van der Waals surface area contributed by atoms with Gasteiger partial charge in [-0.3, -0.25) is 0 Å². The number of rotatable bonds is 6. The minimum atomic E-state index is 0.769. The lowest BCUT2D eigenvalue weighted by Crippen LogP contribution is -2.37. The number of benzene rings is 1. The molecule has 17 heavy (non-hydrogen) atoms. The number of methoxy groups -OCH3 is 1. The standard InChI is InChI=1S/C13H20N2OS/c1-15(9-6-10-16-2)13(17)14-11-12-7-4-3-5-8-12/h3-5,7-8H,6,9-11H2,1-2H3,(H,14,17). The van der Waals surface area contributed by atoms with Crippen molar-refractivity contribution < 1.29 is 4.74 Å². The highest BCUT2D eigenvalue weighted by Crippen LogP contribution is 1.98. The first-order valence-corrected chi connectivity index (χ1v) is 6.16. The van der Waals surface area contributed by atoms with E-state index in [1.165, 1.54) is 5.56 Å². The quantitative estimate of drug-likeness (QED) is 0.618. The van der Waals surface area contributed by atoms with Gasteiger partial charge in [-0.15, -0.1) is 0 Å². The first-order chi connectivity index (χ1) is 8.24. The molecule has 0 aliphatic rings. The van der Waals surface area contributed by atoms with E-state index in [0.717, 1.165) is 31.2 Å². The molecule has 94 valence electrons. The average Bonchev–Trinajstić information content (AvgIpc) is 2.37. The van der Waals surface area contributed by atoms with E-state index in [1.807, 2.05) is 30.1 Å². The molecule has 1 rings (SSSR count). The molecule has 1 aromatic rings. The fraction of sp³-hybridized carbons (Fsp3) is 0.462. The van der Waals surface area contributed by atoms with Crippen LogP contribution in [0.15, 0.2) is 30.3 Å². The van der Waals surface area contributed by atoms with Crippen molar-refractivity contribution in [1.29, 1.82) is 0 Å². The van der Waals surface area contributed by atoms with Crippen molar-refractivity contribution in [2.24, 2.45) is 0 Å². The smallest absolute Gasteiger partial charge is 0.168 e. The first-order valence-electron chi connectivity index (χ1n) is 5.76. The molecule has 0 bridgehead atoms. The Morgan fingerprint density at radius 1 is 1.35 bits per heavy atom. The highest BCUT2D eigenvalue weighted by atomic mass is 32.1. The highest BCUT2D eigenvalue weighted by molar-refractivity contribution is 7.80. The molecule has 0 aromatic heterocycles. The van der Waals surface area contributed by atoms with Gasteiger partial charge in [0.25, 0.3) is 0 Å². The molecule has 0 heterocycles. The van der Waals surface area contributed by atoms with Gasteiger partial charge in [0, 0.05) is 33.9 Å². The molecule has 4 heteroatoms. The van der Waals surface area contributed by atoms with Crippen LogP contribution in [0.5, 0.6) is 0 Å². The second-order valence-electron chi connectivity index (χ2n) is 3.91. The second-order valence-corrected chi connectivity index (χ2v) is 4.30. The summed E-state index contributed by atoms with van der Waals surface area (Å²) in [6.45, 7) is 2.45. The van der Waals surface area contributed by atoms with E-state index in [1.54, 1.807) is 7.11 Å². The van der Waals surface area contributed by atoms with Crippen molar-refractivity contribution in [3.05, 3.63) is 35.9 Å². The van der Waals surface area contributed by atoms with E-state index in [2.05, 4.69) is 17.4 Å². The van der Waals surface area contributed by atoms with Gasteiger partial charge in [0.1, 0.15) is 0 Å². The molecule has 0 aliphatic heterocycles. The molecule has 0 fully saturated rings. The predicted molar refractivity (Wildman–Crippen MR) is 75.0 cm³/mol. The Balaban J connectivity index is 2.24. The van der Waals surface area contributed by atoms with Crippen molar-refractivity contribution in [1.82, 2.24) is 10.2 Å². The molecule has 0 amide bonds. The molecule has 0 saturated heterocycles. The van der Waals surface area contributed by atoms with Gasteiger partial charge in [-0.05, 0) is 24.2 Å². The molecule has 0 spiro atoms. The topological polar surface area (TPSA) is 24.5 Å². The Labute approximate surface area is 109 Å². The summed E-state index contributed by atoms with van der Waals surface area (Å²) in [7, 11) is 3.71. The van der Waals surface area contributed by atoms with E-state index < -0.39 is 0 Å². The Kier molecular flexibility index (Phi) is 6.58. The molecular weight excluding hydrogens is 232 g/mol. The van der Waals surface area contributed by atoms with Crippen LogP contribution in [0.3, 0.4) is 0 Å². The normalized spacial score (nSPS) is 10.0. The molecule has 3 nitrogen and oxygen atoms in total. The highest BCUT2D eigenvalue weighted by Gasteiger charge is 2.02. The number of nitrogens with zero attached hydrogens (tertiary/aromatic N) is 1. The lowest BCUT2D eigenvalue weighted by molar-refractivity contribution is 0.188. The monoisotopic (exact) mass is 252 g/mol. The van der Waals surface area contributed by atoms with Gasteiger partial charge in [0.05, 0.1) is 0 Å². The van der Waals surface area contributed by atoms with Crippen LogP contribution in [-0.2, 0) is 11.3 Å². The van der Waals surface area contributed by atoms with E-state index >= 15 is 0 Å². The van der Waals surface area contributed by atoms with Crippen molar-refractivity contribution in [2.75, 3.05) is 27.3 Å². The van der Waals surface area contributed by atoms with Crippen LogP contribution in [0.4, 0.5) is 0 Å². The number of thiocarbonyl (C=S) groups is 1. The average molecular weight is 252 g/mol. The lowest BCUT2D eigenvalue weighted by Gasteiger charge is -2.20. The maximum absolute atomic E-state index is 5.30. The van der Waals surface area contributed by atoms with Crippen LogP contribution in [0, 0.1) is 0 Å². The van der Waals surface area contributed by atoms with E-state index in [0.29, 0.717) is 0 Å². The zero-order valence-electron chi connectivity index (χ0n) is 10.5. The third-order valence-corrected chi connectivity index (χ3v) is 2.93. The third kappa shape index (κ3) is 5.65. The fourth-order valence-electron chi connectivity index (χ4n) is 1.46. The van der Waals surface area contributed by atoms with Crippen molar-refractivity contribution in [2.45, 2.75) is 13.0 Å². The van der Waals surface area contributed by atoms with Crippen LogP contribution in [0.1, 0.15) is 12.0 Å². The summed E-state index contributed by atoms with van der Waals surface area (Å²) in [6.07, 6.45) is 0.986. The van der Waals surface area contributed by atoms with Gasteiger partial charge in [-0.1, -0.05) is 30.3 Å². The van der Waals surface area contributed by atoms with E-state index in [-0.39, 0.29) is 0 Å². The van der Waals surface area contributed by atoms with Crippen LogP contribution >= 0.6 is 12.2 Å². The van der Waals surface area contributed by atoms with Crippen LogP contribution in [-0.4, -0.2) is 37.3 Å². The molecule has 1 N–H and O–H groups in total. The Morgan fingerprint density at radius 2 is 2.06 bits per heavy atom. The minimum Gasteiger partial charge on any atom is -0.385 e. The second kappa shape index (κ2) is 8.03. The van der Waals surface area contributed by atoms with Gasteiger partial charge in [0.2, 0.25) is 0 Å². The number of hydrogen-bond donors (Lipinski definition) is 1. The summed E-state index contributed by atoms with van der Waals surface area (Å²) in [5.41, 5.74) is 1.24. The van der Waals surface area contributed by atoms with Crippen LogP contribution < -0.4 is 5.32 Å². The molecule has 0 radical (unpaired) electrons. The summed E-state index contributed by atoms with van der Waals surface area (Å²) in [5, 5.41) is 4.02. The van der Waals surface area contributed by atoms with E-state index in [4.69, 9.17) is 17.0 Å². The summed E-state index contributed by atoms with van der Waals surface area (Å²) >= 11 is 5.30. The summed E-state index contributed by atoms with van der Waals surface area (Å²) in [4.78, 5) is 2.04. The first kappa shape index (κ1) is 13.9. The van der Waals surface area contributed by atoms with Gasteiger partial charge in [0.15, 0.2) is 5.11 Å². The largest absolute Gasteiger partial charge is 0.385 e. The maximum Gasteiger partial charge on any atom is 0.168 e. The zero-order valence-corrected chi connectivity index (χ0v) is 11.3. The van der Waals surface area contributed by atoms with Crippen molar-refractivity contribution in [3.63, 3.8) is 0 Å². The summed E-state index contributed by atoms with van der Waals surface area (Å²) in [6, 6.07) is 10.2. The Bertz CT molecular complexity index is 329. The van der Waals surface area contributed by atoms with Crippen molar-refractivity contribution in [3.8, 4) is 0 Å². The number of nitrogens with one attached hydrogen (secondary N) is 1. The van der Waals surface area contributed by atoms with E-state index in [9.17, 15) is 0 Å². The van der Waals surface area contributed by atoms with Crippen LogP contribution in [0.2, 0.25) is 0 Å². The van der Waals surface area contributed by atoms with Crippen molar-refractivity contribution >= 4 is 17.3 Å². The zero-order chi connectivity index (χ0) is 12.5. The molecule has 0 atom stereocenters. The van der Waals surface area contributed by atoms with Crippen LogP contribution in [0.25, 0.3) is 0 Å².